The van der Waals surface area contributed by atoms with Crippen LogP contribution in [0, 0.1) is 5.41 Å². The van der Waals surface area contributed by atoms with E-state index in [1.54, 1.807) is 13.8 Å². The Morgan fingerprint density at radius 3 is 2.48 bits per heavy atom. The highest BCUT2D eigenvalue weighted by Crippen LogP contribution is 2.36. The Morgan fingerprint density at radius 1 is 1.26 bits per heavy atom. The molecule has 0 aliphatic carbocycles. The van der Waals surface area contributed by atoms with E-state index < -0.39 is 11.4 Å². The van der Waals surface area contributed by atoms with Crippen molar-refractivity contribution in [2.75, 3.05) is 13.7 Å². The van der Waals surface area contributed by atoms with Crippen LogP contribution in [0.3, 0.4) is 0 Å². The maximum absolute atomic E-state index is 12.4. The minimum atomic E-state index is -1.03. The lowest BCUT2D eigenvalue weighted by atomic mass is 9.94. The Balaban J connectivity index is 2.20. The van der Waals surface area contributed by atoms with Crippen LogP contribution in [0.15, 0.2) is 36.4 Å². The number of carboxylic acid groups (broad SMARTS) is 1. The molecule has 5 nitrogen and oxygen atoms in total. The van der Waals surface area contributed by atoms with E-state index in [9.17, 15) is 9.59 Å². The van der Waals surface area contributed by atoms with Crippen molar-refractivity contribution in [2.24, 2.45) is 5.41 Å². The lowest BCUT2D eigenvalue weighted by molar-refractivity contribution is -0.146. The third kappa shape index (κ3) is 3.90. The number of hydrogen-bond acceptors (Lipinski definition) is 4. The van der Waals surface area contributed by atoms with E-state index >= 15 is 0 Å². The predicted molar refractivity (Wildman–Crippen MR) is 90.1 cm³/mol. The van der Waals surface area contributed by atoms with E-state index in [4.69, 9.17) is 9.84 Å². The van der Waals surface area contributed by atoms with E-state index in [2.05, 4.69) is 5.32 Å². The summed E-state index contributed by atoms with van der Waals surface area (Å²) in [5, 5.41) is 11.8. The molecule has 1 aromatic carbocycles. The molecule has 6 heteroatoms. The highest BCUT2D eigenvalue weighted by atomic mass is 32.1. The van der Waals surface area contributed by atoms with E-state index in [-0.39, 0.29) is 12.5 Å². The molecule has 0 saturated heterocycles. The van der Waals surface area contributed by atoms with Gasteiger partial charge in [0.25, 0.3) is 5.91 Å². The molecule has 0 atom stereocenters. The summed E-state index contributed by atoms with van der Waals surface area (Å²) in [4.78, 5) is 24.8. The van der Waals surface area contributed by atoms with E-state index in [1.807, 2.05) is 36.4 Å². The van der Waals surface area contributed by atoms with E-state index in [0.29, 0.717) is 10.6 Å². The first-order valence-electron chi connectivity index (χ1n) is 7.10. The van der Waals surface area contributed by atoms with Gasteiger partial charge in [0.2, 0.25) is 0 Å². The fourth-order valence-corrected chi connectivity index (χ4v) is 2.93. The average Bonchev–Trinajstić information content (AvgIpc) is 2.98. The van der Waals surface area contributed by atoms with Crippen LogP contribution in [-0.2, 0) is 4.79 Å². The van der Waals surface area contributed by atoms with Crippen LogP contribution in [0.5, 0.6) is 5.75 Å². The lowest BCUT2D eigenvalue weighted by Crippen LogP contribution is -2.38. The molecule has 23 heavy (non-hydrogen) atoms. The summed E-state index contributed by atoms with van der Waals surface area (Å²) >= 11 is 1.32. The molecule has 0 aliphatic heterocycles. The summed E-state index contributed by atoms with van der Waals surface area (Å²) < 4.78 is 5.28. The molecule has 0 radical (unpaired) electrons. The zero-order valence-electron chi connectivity index (χ0n) is 13.3. The molecule has 122 valence electrons. The maximum Gasteiger partial charge on any atom is 0.310 e. The fourth-order valence-electron chi connectivity index (χ4n) is 1.89. The van der Waals surface area contributed by atoms with Gasteiger partial charge in [0.15, 0.2) is 0 Å². The van der Waals surface area contributed by atoms with E-state index in [0.717, 1.165) is 10.4 Å². The van der Waals surface area contributed by atoms with Crippen LogP contribution in [0.4, 0.5) is 0 Å². The molecular weight excluding hydrogens is 314 g/mol. The minimum absolute atomic E-state index is 0.0445. The highest BCUT2D eigenvalue weighted by molar-refractivity contribution is 7.17. The van der Waals surface area contributed by atoms with Crippen molar-refractivity contribution in [1.82, 2.24) is 5.32 Å². The molecule has 1 aromatic heterocycles. The average molecular weight is 333 g/mol. The van der Waals surface area contributed by atoms with Crippen molar-refractivity contribution in [2.45, 2.75) is 13.8 Å². The molecule has 0 bridgehead atoms. The molecule has 1 amide bonds. The van der Waals surface area contributed by atoms with Gasteiger partial charge in [-0.3, -0.25) is 9.59 Å². The second kappa shape index (κ2) is 6.83. The first-order chi connectivity index (χ1) is 10.8. The molecular formula is C17H19NO4S. The van der Waals surface area contributed by atoms with Crippen molar-refractivity contribution in [1.29, 1.82) is 0 Å². The predicted octanol–water partition coefficient (Wildman–Crippen LogP) is 3.26. The number of ether oxygens (including phenoxy) is 1. The Bertz CT molecular complexity index is 707. The zero-order valence-corrected chi connectivity index (χ0v) is 14.1. The van der Waals surface area contributed by atoms with Gasteiger partial charge in [-0.15, -0.1) is 11.3 Å². The number of carboxylic acids is 1. The summed E-state index contributed by atoms with van der Waals surface area (Å²) in [6.45, 7) is 3.18. The number of nitrogens with one attached hydrogen (secondary N) is 1. The van der Waals surface area contributed by atoms with Crippen LogP contribution >= 0.6 is 11.3 Å². The number of carbonyl (C=O) groups is 2. The quantitative estimate of drug-likeness (QED) is 0.851. The first kappa shape index (κ1) is 17.0. The van der Waals surface area contributed by atoms with Gasteiger partial charge in [0.05, 0.1) is 12.5 Å². The normalized spacial score (nSPS) is 11.1. The smallest absolute Gasteiger partial charge is 0.310 e. The topological polar surface area (TPSA) is 75.6 Å². The summed E-state index contributed by atoms with van der Waals surface area (Å²) in [6, 6.07) is 11.5. The molecule has 0 fully saturated rings. The maximum atomic E-state index is 12.4. The van der Waals surface area contributed by atoms with E-state index in [1.165, 1.54) is 18.4 Å². The number of carbonyl (C=O) groups excluding carboxylic acids is 1. The fraction of sp³-hybridized carbons (Fsp3) is 0.294. The second-order valence-electron chi connectivity index (χ2n) is 5.75. The first-order valence-corrected chi connectivity index (χ1v) is 7.91. The van der Waals surface area contributed by atoms with Gasteiger partial charge in [0, 0.05) is 11.4 Å². The summed E-state index contributed by atoms with van der Waals surface area (Å²) in [7, 11) is 1.51. The molecule has 2 N–H and O–H groups in total. The summed E-state index contributed by atoms with van der Waals surface area (Å²) in [6.07, 6.45) is 0. The van der Waals surface area contributed by atoms with Gasteiger partial charge in [-0.05, 0) is 25.5 Å². The Hall–Kier alpha value is -2.34. The number of amides is 1. The number of methoxy groups -OCH3 is 1. The molecule has 0 unspecified atom stereocenters. The number of thiophene rings is 1. The molecule has 2 aromatic rings. The van der Waals surface area contributed by atoms with Crippen LogP contribution in [0.25, 0.3) is 10.4 Å². The summed E-state index contributed by atoms with van der Waals surface area (Å²) in [5.41, 5.74) is -0.0247. The number of rotatable bonds is 6. The lowest BCUT2D eigenvalue weighted by Gasteiger charge is -2.19. The van der Waals surface area contributed by atoms with Crippen LogP contribution in [-0.4, -0.2) is 30.6 Å². The van der Waals surface area contributed by atoms with Gasteiger partial charge in [-0.1, -0.05) is 30.3 Å². The van der Waals surface area contributed by atoms with Crippen LogP contribution in [0.2, 0.25) is 0 Å². The number of hydrogen-bond donors (Lipinski definition) is 2. The number of benzene rings is 1. The van der Waals surface area contributed by atoms with Gasteiger partial charge in [0.1, 0.15) is 10.6 Å². The molecule has 0 saturated carbocycles. The van der Waals surface area contributed by atoms with Crippen molar-refractivity contribution in [3.63, 3.8) is 0 Å². The van der Waals surface area contributed by atoms with Crippen LogP contribution < -0.4 is 10.1 Å². The third-order valence-electron chi connectivity index (χ3n) is 3.45. The third-order valence-corrected chi connectivity index (χ3v) is 4.62. The summed E-state index contributed by atoms with van der Waals surface area (Å²) in [5.74, 6) is -0.802. The molecule has 1 heterocycles. The standard InChI is InChI=1S/C17H19NO4S/c1-17(2,16(20)21)10-18-15(19)14-12(22-3)9-13(23-14)11-7-5-4-6-8-11/h4-9H,10H2,1-3H3,(H,18,19)(H,20,21). The highest BCUT2D eigenvalue weighted by Gasteiger charge is 2.28. The van der Waals surface area contributed by atoms with Crippen molar-refractivity contribution >= 4 is 23.2 Å². The minimum Gasteiger partial charge on any atom is -0.495 e. The monoisotopic (exact) mass is 333 g/mol. The van der Waals surface area contributed by atoms with Gasteiger partial charge in [-0.25, -0.2) is 0 Å². The van der Waals surface area contributed by atoms with Crippen molar-refractivity contribution in [3.8, 4) is 16.2 Å². The Labute approximate surface area is 138 Å². The number of aliphatic carboxylic acids is 1. The SMILES string of the molecule is COc1cc(-c2ccccc2)sc1C(=O)NCC(C)(C)C(=O)O. The molecule has 0 aliphatic rings. The Morgan fingerprint density at radius 2 is 1.91 bits per heavy atom. The molecule has 0 spiro atoms. The second-order valence-corrected chi connectivity index (χ2v) is 6.80. The van der Waals surface area contributed by atoms with Crippen LogP contribution in [0.1, 0.15) is 23.5 Å². The van der Waals surface area contributed by atoms with Gasteiger partial charge >= 0.3 is 5.97 Å². The largest absolute Gasteiger partial charge is 0.495 e. The van der Waals surface area contributed by atoms with Gasteiger partial charge < -0.3 is 15.2 Å². The van der Waals surface area contributed by atoms with Crippen molar-refractivity contribution < 1.29 is 19.4 Å². The molecule has 2 rings (SSSR count). The Kier molecular flexibility index (Phi) is 5.05. The zero-order chi connectivity index (χ0) is 17.0. The van der Waals surface area contributed by atoms with Gasteiger partial charge in [-0.2, -0.15) is 0 Å². The van der Waals surface area contributed by atoms with Crippen molar-refractivity contribution in [3.05, 3.63) is 41.3 Å².